The summed E-state index contributed by atoms with van der Waals surface area (Å²) in [6.45, 7) is -0.327. The molecule has 3 atom stereocenters. The summed E-state index contributed by atoms with van der Waals surface area (Å²) < 4.78 is 25.1. The Hall–Kier alpha value is -1.77. The smallest absolute Gasteiger partial charge is 0.410 e. The van der Waals surface area contributed by atoms with Crippen molar-refractivity contribution in [2.75, 3.05) is 27.9 Å². The molecule has 1 aromatic rings. The first kappa shape index (κ1) is 23.9. The van der Waals surface area contributed by atoms with Crippen LogP contribution in [0.4, 0.5) is 4.79 Å². The summed E-state index contributed by atoms with van der Waals surface area (Å²) in [7, 11) is 4.43. The molecule has 0 radical (unpaired) electrons. The predicted molar refractivity (Wildman–Crippen MR) is 115 cm³/mol. The van der Waals surface area contributed by atoms with E-state index in [1.807, 2.05) is 0 Å². The fraction of sp³-hybridized carbons (Fsp3) is 0.600. The monoisotopic (exact) mass is 495 g/mol. The van der Waals surface area contributed by atoms with Crippen LogP contribution in [-0.2, 0) is 9.47 Å². The van der Waals surface area contributed by atoms with Crippen molar-refractivity contribution in [3.05, 3.63) is 17.7 Å². The molecular weight excluding hydrogens is 473 g/mol. The number of alkyl halides is 3. The first-order valence-electron chi connectivity index (χ1n) is 9.69. The summed E-state index contributed by atoms with van der Waals surface area (Å²) in [6.07, 6.45) is 1.76. The van der Waals surface area contributed by atoms with E-state index in [2.05, 4.69) is 0 Å². The van der Waals surface area contributed by atoms with Crippen LogP contribution >= 0.6 is 34.8 Å². The third-order valence-corrected chi connectivity index (χ3v) is 5.76. The predicted octanol–water partition coefficient (Wildman–Crippen LogP) is 4.37. The van der Waals surface area contributed by atoms with Crippen LogP contribution in [0.25, 0.3) is 0 Å². The number of rotatable bonds is 6. The average molecular weight is 497 g/mol. The van der Waals surface area contributed by atoms with Crippen molar-refractivity contribution in [2.24, 2.45) is 0 Å². The van der Waals surface area contributed by atoms with Crippen LogP contribution in [0.15, 0.2) is 12.1 Å². The number of methoxy groups -OCH3 is 3. The lowest BCUT2D eigenvalue weighted by molar-refractivity contribution is -0.00623. The van der Waals surface area contributed by atoms with Crippen molar-refractivity contribution >= 4 is 46.9 Å². The number of hydrogen-bond acceptors (Lipinski definition) is 7. The van der Waals surface area contributed by atoms with Gasteiger partial charge in [0.1, 0.15) is 12.7 Å². The van der Waals surface area contributed by atoms with Gasteiger partial charge in [-0.1, -0.05) is 34.8 Å². The summed E-state index contributed by atoms with van der Waals surface area (Å²) >= 11 is 17.0. The van der Waals surface area contributed by atoms with Gasteiger partial charge in [0.25, 0.3) is 0 Å². The van der Waals surface area contributed by atoms with Crippen LogP contribution in [0.5, 0.6) is 17.2 Å². The Labute approximate surface area is 195 Å². The van der Waals surface area contributed by atoms with Crippen molar-refractivity contribution in [3.63, 3.8) is 0 Å². The third kappa shape index (κ3) is 5.54. The van der Waals surface area contributed by atoms with Gasteiger partial charge in [0.05, 0.1) is 26.9 Å². The van der Waals surface area contributed by atoms with E-state index < -0.39 is 15.9 Å². The van der Waals surface area contributed by atoms with Crippen LogP contribution in [0.3, 0.4) is 0 Å². The highest BCUT2D eigenvalue weighted by molar-refractivity contribution is 6.67. The van der Waals surface area contributed by atoms with Crippen molar-refractivity contribution in [1.29, 1.82) is 0 Å². The van der Waals surface area contributed by atoms with Crippen LogP contribution in [-0.4, -0.2) is 66.9 Å². The Bertz CT molecular complexity index is 790. The quantitative estimate of drug-likeness (QED) is 0.427. The van der Waals surface area contributed by atoms with E-state index >= 15 is 0 Å². The van der Waals surface area contributed by atoms with E-state index in [1.54, 1.807) is 17.0 Å². The Morgan fingerprint density at radius 3 is 2.00 bits per heavy atom. The Morgan fingerprint density at radius 1 is 1.00 bits per heavy atom. The minimum absolute atomic E-state index is 0.0978. The second-order valence-corrected chi connectivity index (χ2v) is 9.89. The molecule has 0 aliphatic carbocycles. The summed E-state index contributed by atoms with van der Waals surface area (Å²) in [5, 5.41) is 0. The molecule has 2 aliphatic rings. The number of benzene rings is 1. The van der Waals surface area contributed by atoms with E-state index in [1.165, 1.54) is 21.3 Å². The highest BCUT2D eigenvalue weighted by Gasteiger charge is 2.45. The topological polar surface area (TPSA) is 83.5 Å². The third-order valence-electron chi connectivity index (χ3n) is 5.43. The number of carbonyl (C=O) groups is 2. The molecule has 1 unspecified atom stereocenters. The van der Waals surface area contributed by atoms with E-state index in [4.69, 9.17) is 58.5 Å². The molecule has 1 amide bonds. The average Bonchev–Trinajstić information content (AvgIpc) is 3.00. The lowest BCUT2D eigenvalue weighted by atomic mass is 10.00. The Kier molecular flexibility index (Phi) is 7.55. The molecule has 2 saturated heterocycles. The zero-order valence-electron chi connectivity index (χ0n) is 17.4. The first-order valence-corrected chi connectivity index (χ1v) is 10.8. The van der Waals surface area contributed by atoms with Crippen LogP contribution in [0.2, 0.25) is 0 Å². The summed E-state index contributed by atoms with van der Waals surface area (Å²) in [4.78, 5) is 26.9. The standard InChI is InChI=1S/C20H24Cl3NO7/c1-27-15-6-11(7-16(28-2)17(15)29-3)18(25)31-14-8-12-4-5-13(9-14)24(12)19(26)30-10-20(21,22)23/h6-7,12-14H,4-5,8-10H2,1-3H3/t12-,13+,14?. The van der Waals surface area contributed by atoms with Gasteiger partial charge in [-0.2, -0.15) is 0 Å². The summed E-state index contributed by atoms with van der Waals surface area (Å²) in [5.41, 5.74) is 0.284. The van der Waals surface area contributed by atoms with Gasteiger partial charge in [-0.15, -0.1) is 0 Å². The molecule has 0 aromatic heterocycles. The normalized spacial score (nSPS) is 22.6. The number of amides is 1. The van der Waals surface area contributed by atoms with Crippen molar-refractivity contribution in [2.45, 2.75) is 47.7 Å². The summed E-state index contributed by atoms with van der Waals surface area (Å²) in [5.74, 6) is 0.609. The maximum Gasteiger partial charge on any atom is 0.410 e. The van der Waals surface area contributed by atoms with E-state index in [9.17, 15) is 9.59 Å². The largest absolute Gasteiger partial charge is 0.493 e. The number of ether oxygens (including phenoxy) is 5. The van der Waals surface area contributed by atoms with E-state index in [0.29, 0.717) is 30.1 Å². The van der Waals surface area contributed by atoms with Gasteiger partial charge < -0.3 is 28.6 Å². The number of nitrogens with zero attached hydrogens (tertiary/aromatic N) is 1. The van der Waals surface area contributed by atoms with Crippen molar-refractivity contribution in [3.8, 4) is 17.2 Å². The summed E-state index contributed by atoms with van der Waals surface area (Å²) in [6, 6.07) is 2.89. The van der Waals surface area contributed by atoms with Gasteiger partial charge in [0.15, 0.2) is 11.5 Å². The zero-order chi connectivity index (χ0) is 22.8. The molecule has 2 heterocycles. The van der Waals surface area contributed by atoms with Crippen LogP contribution < -0.4 is 14.2 Å². The highest BCUT2D eigenvalue weighted by atomic mass is 35.6. The second-order valence-electron chi connectivity index (χ2n) is 7.37. The molecule has 31 heavy (non-hydrogen) atoms. The number of hydrogen-bond donors (Lipinski definition) is 0. The fourth-order valence-corrected chi connectivity index (χ4v) is 4.32. The second kappa shape index (κ2) is 9.79. The van der Waals surface area contributed by atoms with Gasteiger partial charge in [0.2, 0.25) is 9.54 Å². The maximum absolute atomic E-state index is 12.8. The fourth-order valence-electron chi connectivity index (χ4n) is 4.16. The number of piperidine rings is 1. The SMILES string of the molecule is COc1cc(C(=O)OC2C[C@H]3CC[C@@H](C2)N3C(=O)OCC(Cl)(Cl)Cl)cc(OC)c1OC. The Balaban J connectivity index is 1.65. The van der Waals surface area contributed by atoms with Gasteiger partial charge in [-0.25, -0.2) is 9.59 Å². The maximum atomic E-state index is 12.8. The first-order chi connectivity index (χ1) is 14.7. The molecule has 0 saturated carbocycles. The minimum Gasteiger partial charge on any atom is -0.493 e. The van der Waals surface area contributed by atoms with Gasteiger partial charge in [0, 0.05) is 24.9 Å². The molecule has 3 rings (SSSR count). The van der Waals surface area contributed by atoms with Crippen molar-refractivity contribution in [1.82, 2.24) is 4.90 Å². The number of carbonyl (C=O) groups excluding carboxylic acids is 2. The molecular formula is C20H24Cl3NO7. The molecule has 1 aromatic carbocycles. The van der Waals surface area contributed by atoms with E-state index in [-0.39, 0.29) is 30.4 Å². The number of esters is 1. The molecule has 0 N–H and O–H groups in total. The van der Waals surface area contributed by atoms with E-state index in [0.717, 1.165) is 12.8 Å². The van der Waals surface area contributed by atoms with Crippen LogP contribution in [0.1, 0.15) is 36.0 Å². The highest BCUT2D eigenvalue weighted by Crippen LogP contribution is 2.40. The van der Waals surface area contributed by atoms with Gasteiger partial charge in [-0.05, 0) is 25.0 Å². The number of halogens is 3. The number of fused-ring (bicyclic) bond motifs is 2. The molecule has 0 spiro atoms. The van der Waals surface area contributed by atoms with Crippen LogP contribution in [0, 0.1) is 0 Å². The van der Waals surface area contributed by atoms with Crippen molar-refractivity contribution < 1.29 is 33.3 Å². The molecule has 172 valence electrons. The zero-order valence-corrected chi connectivity index (χ0v) is 19.6. The molecule has 2 fully saturated rings. The molecule has 2 bridgehead atoms. The molecule has 2 aliphatic heterocycles. The minimum atomic E-state index is -1.66. The lowest BCUT2D eigenvalue weighted by Crippen LogP contribution is -2.49. The Morgan fingerprint density at radius 2 is 1.55 bits per heavy atom. The lowest BCUT2D eigenvalue weighted by Gasteiger charge is -2.37. The molecule has 8 nitrogen and oxygen atoms in total. The van der Waals surface area contributed by atoms with Gasteiger partial charge in [-0.3, -0.25) is 0 Å². The molecule has 11 heteroatoms. The van der Waals surface area contributed by atoms with Gasteiger partial charge >= 0.3 is 12.1 Å².